The van der Waals surface area contributed by atoms with Crippen molar-refractivity contribution in [2.75, 3.05) is 0 Å². The van der Waals surface area contributed by atoms with E-state index in [1.165, 1.54) is 66.2 Å². The van der Waals surface area contributed by atoms with Gasteiger partial charge in [-0.15, -0.1) is 0 Å². The van der Waals surface area contributed by atoms with Crippen LogP contribution in [0.1, 0.15) is 23.6 Å². The summed E-state index contributed by atoms with van der Waals surface area (Å²) < 4.78 is 0. The molecule has 0 radical (unpaired) electrons. The highest BCUT2D eigenvalue weighted by Crippen LogP contribution is 2.54. The summed E-state index contributed by atoms with van der Waals surface area (Å²) in [5.74, 6) is 0.711. The average molecular weight is 739 g/mol. The van der Waals surface area contributed by atoms with Gasteiger partial charge in [-0.05, 0) is 96.7 Å². The van der Waals surface area contributed by atoms with Crippen LogP contribution < -0.4 is 0 Å². The van der Waals surface area contributed by atoms with Crippen molar-refractivity contribution in [3.63, 3.8) is 0 Å². The van der Waals surface area contributed by atoms with Gasteiger partial charge in [-0.25, -0.2) is 9.97 Å². The minimum absolute atomic E-state index is 0.338. The maximum Gasteiger partial charge on any atom is 0.160 e. The molecule has 0 saturated carbocycles. The van der Waals surface area contributed by atoms with E-state index in [0.29, 0.717) is 5.82 Å². The number of nitrogens with zero attached hydrogens (tertiary/aromatic N) is 2. The Morgan fingerprint density at radius 1 is 0.328 bits per heavy atom. The van der Waals surface area contributed by atoms with Crippen molar-refractivity contribution in [3.05, 3.63) is 229 Å². The second-order valence-electron chi connectivity index (χ2n) is 15.4. The lowest BCUT2D eigenvalue weighted by atomic mass is 9.73. The van der Waals surface area contributed by atoms with Gasteiger partial charge in [-0.2, -0.15) is 0 Å². The van der Waals surface area contributed by atoms with E-state index in [-0.39, 0.29) is 5.41 Å². The summed E-state index contributed by atoms with van der Waals surface area (Å²) in [6, 6.07) is 76.6. The third kappa shape index (κ3) is 5.49. The molecule has 0 bridgehead atoms. The predicted molar refractivity (Wildman–Crippen MR) is 242 cm³/mol. The van der Waals surface area contributed by atoms with E-state index in [2.05, 4.69) is 201 Å². The number of hydrogen-bond acceptors (Lipinski definition) is 2. The third-order valence-electron chi connectivity index (χ3n) is 12.2. The molecule has 2 nitrogen and oxygen atoms in total. The van der Waals surface area contributed by atoms with Crippen molar-refractivity contribution in [2.45, 2.75) is 12.3 Å². The summed E-state index contributed by atoms with van der Waals surface area (Å²) in [4.78, 5) is 10.5. The molecule has 0 N–H and O–H groups in total. The maximum absolute atomic E-state index is 5.27. The molecule has 0 fully saturated rings. The zero-order valence-corrected chi connectivity index (χ0v) is 32.1. The van der Waals surface area contributed by atoms with E-state index in [4.69, 9.17) is 9.97 Å². The van der Waals surface area contributed by atoms with Crippen molar-refractivity contribution < 1.29 is 0 Å². The Labute approximate surface area is 338 Å². The number of benzene rings is 9. The van der Waals surface area contributed by atoms with E-state index < -0.39 is 0 Å². The van der Waals surface area contributed by atoms with Gasteiger partial charge < -0.3 is 0 Å². The van der Waals surface area contributed by atoms with E-state index >= 15 is 0 Å². The van der Waals surface area contributed by atoms with Crippen LogP contribution in [0.15, 0.2) is 212 Å². The van der Waals surface area contributed by atoms with E-state index in [1.54, 1.807) is 0 Å². The zero-order chi connectivity index (χ0) is 38.6. The molecule has 272 valence electrons. The number of hydrogen-bond donors (Lipinski definition) is 0. The standard InChI is InChI=1S/C56H38N2/c1-56(42-22-9-4-10-23-42)51-34-40(37-16-5-2-6-17-37)28-30-47(51)48-31-29-41(35-52(48)56)44-32-33-50(46-26-14-13-25-45(44)46)54-36-53(57-55(58-54)39-19-7-3-8-20-39)49-27-15-21-38-18-11-12-24-43(38)49/h2-36H,1H3. The van der Waals surface area contributed by atoms with E-state index in [9.17, 15) is 0 Å². The van der Waals surface area contributed by atoms with Crippen LogP contribution in [0.25, 0.3) is 88.8 Å². The van der Waals surface area contributed by atoms with Gasteiger partial charge in [0.1, 0.15) is 0 Å². The van der Waals surface area contributed by atoms with Crippen LogP contribution in [0.4, 0.5) is 0 Å². The molecule has 0 saturated heterocycles. The first-order chi connectivity index (χ1) is 28.6. The molecule has 1 atom stereocenters. The fraction of sp³-hybridized carbons (Fsp3) is 0.0357. The Kier molecular flexibility index (Phi) is 7.97. The minimum Gasteiger partial charge on any atom is -0.228 e. The number of fused-ring (bicyclic) bond motifs is 5. The highest BCUT2D eigenvalue weighted by atomic mass is 14.9. The minimum atomic E-state index is -0.338. The molecule has 0 aliphatic heterocycles. The molecule has 0 amide bonds. The van der Waals surface area contributed by atoms with Gasteiger partial charge in [-0.3, -0.25) is 0 Å². The fourth-order valence-electron chi connectivity index (χ4n) is 9.25. The Hall–Kier alpha value is -7.42. The lowest BCUT2D eigenvalue weighted by Crippen LogP contribution is -2.22. The summed E-state index contributed by atoms with van der Waals surface area (Å²) in [7, 11) is 0. The third-order valence-corrected chi connectivity index (χ3v) is 12.2. The molecular formula is C56H38N2. The second-order valence-corrected chi connectivity index (χ2v) is 15.4. The molecule has 0 spiro atoms. The lowest BCUT2D eigenvalue weighted by Gasteiger charge is -2.29. The van der Waals surface area contributed by atoms with Crippen LogP contribution >= 0.6 is 0 Å². The summed E-state index contributed by atoms with van der Waals surface area (Å²) in [5.41, 5.74) is 16.0. The maximum atomic E-state index is 5.27. The Morgan fingerprint density at radius 2 is 0.810 bits per heavy atom. The molecule has 1 heterocycles. The van der Waals surface area contributed by atoms with Crippen LogP contribution in [0.3, 0.4) is 0 Å². The summed E-state index contributed by atoms with van der Waals surface area (Å²) in [5, 5.41) is 4.71. The number of rotatable bonds is 6. The van der Waals surface area contributed by atoms with Crippen LogP contribution in [0.2, 0.25) is 0 Å². The van der Waals surface area contributed by atoms with Crippen molar-refractivity contribution in [1.29, 1.82) is 0 Å². The fourth-order valence-corrected chi connectivity index (χ4v) is 9.25. The van der Waals surface area contributed by atoms with Crippen LogP contribution in [0, 0.1) is 0 Å². The molecule has 10 aromatic rings. The van der Waals surface area contributed by atoms with Crippen molar-refractivity contribution >= 4 is 21.5 Å². The van der Waals surface area contributed by atoms with E-state index in [1.807, 2.05) is 18.2 Å². The van der Waals surface area contributed by atoms with Gasteiger partial charge in [0.05, 0.1) is 11.4 Å². The Morgan fingerprint density at radius 3 is 1.50 bits per heavy atom. The van der Waals surface area contributed by atoms with Gasteiger partial charge in [0.15, 0.2) is 5.82 Å². The van der Waals surface area contributed by atoms with Crippen LogP contribution in [0.5, 0.6) is 0 Å². The second kappa shape index (κ2) is 13.7. The lowest BCUT2D eigenvalue weighted by molar-refractivity contribution is 0.714. The first-order valence-corrected chi connectivity index (χ1v) is 20.0. The summed E-state index contributed by atoms with van der Waals surface area (Å²) >= 11 is 0. The molecule has 2 heteroatoms. The largest absolute Gasteiger partial charge is 0.228 e. The zero-order valence-electron chi connectivity index (χ0n) is 32.1. The molecule has 1 unspecified atom stereocenters. The van der Waals surface area contributed by atoms with Crippen LogP contribution in [-0.4, -0.2) is 9.97 Å². The Balaban J connectivity index is 1.08. The molecular weight excluding hydrogens is 701 g/mol. The normalized spacial score (nSPS) is 14.4. The van der Waals surface area contributed by atoms with Gasteiger partial charge in [-0.1, -0.05) is 194 Å². The smallest absolute Gasteiger partial charge is 0.160 e. The first-order valence-electron chi connectivity index (χ1n) is 20.0. The molecule has 1 aliphatic carbocycles. The SMILES string of the molecule is CC1(c2ccccc2)c2cc(-c3ccccc3)ccc2-c2ccc(-c3ccc(-c4cc(-c5cccc6ccccc56)nc(-c5ccccc5)n4)c4ccccc34)cc21. The highest BCUT2D eigenvalue weighted by molar-refractivity contribution is 6.06. The summed E-state index contributed by atoms with van der Waals surface area (Å²) in [6.07, 6.45) is 0. The van der Waals surface area contributed by atoms with Crippen molar-refractivity contribution in [3.8, 4) is 67.3 Å². The van der Waals surface area contributed by atoms with Gasteiger partial charge in [0, 0.05) is 22.1 Å². The quantitative estimate of drug-likeness (QED) is 0.170. The number of aromatic nitrogens is 2. The topological polar surface area (TPSA) is 25.8 Å². The van der Waals surface area contributed by atoms with E-state index in [0.717, 1.165) is 33.5 Å². The predicted octanol–water partition coefficient (Wildman–Crippen LogP) is 14.5. The molecule has 58 heavy (non-hydrogen) atoms. The van der Waals surface area contributed by atoms with Crippen molar-refractivity contribution in [1.82, 2.24) is 9.97 Å². The molecule has 1 aromatic heterocycles. The van der Waals surface area contributed by atoms with Crippen molar-refractivity contribution in [2.24, 2.45) is 0 Å². The molecule has 11 rings (SSSR count). The monoisotopic (exact) mass is 738 g/mol. The van der Waals surface area contributed by atoms with Gasteiger partial charge in [0.25, 0.3) is 0 Å². The summed E-state index contributed by atoms with van der Waals surface area (Å²) in [6.45, 7) is 2.40. The van der Waals surface area contributed by atoms with Crippen LogP contribution in [-0.2, 0) is 5.41 Å². The van der Waals surface area contributed by atoms with Gasteiger partial charge >= 0.3 is 0 Å². The molecule has 1 aliphatic rings. The average Bonchev–Trinajstić information content (AvgIpc) is 3.56. The first kappa shape index (κ1) is 33.9. The Bertz CT molecular complexity index is 3160. The molecule has 9 aromatic carbocycles. The van der Waals surface area contributed by atoms with Gasteiger partial charge in [0.2, 0.25) is 0 Å². The highest BCUT2D eigenvalue weighted by Gasteiger charge is 2.41.